The number of likely N-dealkylation sites (N-methyl/N-ethyl adjacent to an activating group) is 1. The second-order valence-corrected chi connectivity index (χ2v) is 4.14. The maximum Gasteiger partial charge on any atom is 0.242 e. The van der Waals surface area contributed by atoms with Gasteiger partial charge in [0.2, 0.25) is 5.91 Å². The molecule has 0 radical (unpaired) electrons. The molecule has 0 unspecified atom stereocenters. The third-order valence-electron chi connectivity index (χ3n) is 2.78. The van der Waals surface area contributed by atoms with Gasteiger partial charge in [-0.2, -0.15) is 5.10 Å². The van der Waals surface area contributed by atoms with Gasteiger partial charge in [-0.1, -0.05) is 0 Å². The molecule has 0 spiro atoms. The van der Waals surface area contributed by atoms with E-state index in [1.807, 2.05) is 31.1 Å². The quantitative estimate of drug-likeness (QED) is 0.803. The fraction of sp³-hybridized carbons (Fsp3) is 0.636. The minimum absolute atomic E-state index is 0.163. The van der Waals surface area contributed by atoms with E-state index in [2.05, 4.69) is 10.4 Å². The Bertz CT molecular complexity index is 370. The van der Waals surface area contributed by atoms with Crippen molar-refractivity contribution in [3.8, 4) is 0 Å². The van der Waals surface area contributed by atoms with E-state index in [0.29, 0.717) is 12.6 Å². The number of hydrogen-bond donors (Lipinski definition) is 1. The third kappa shape index (κ3) is 2.53. The Balaban J connectivity index is 1.82. The summed E-state index contributed by atoms with van der Waals surface area (Å²) in [5, 5.41) is 7.20. The summed E-state index contributed by atoms with van der Waals surface area (Å²) in [6, 6.07) is 2.35. The molecule has 88 valence electrons. The lowest BCUT2D eigenvalue weighted by molar-refractivity contribution is -0.129. The van der Waals surface area contributed by atoms with Gasteiger partial charge in [0, 0.05) is 31.9 Å². The van der Waals surface area contributed by atoms with E-state index >= 15 is 0 Å². The Morgan fingerprint density at radius 3 is 2.94 bits per heavy atom. The van der Waals surface area contributed by atoms with Crippen molar-refractivity contribution in [2.24, 2.45) is 7.05 Å². The fourth-order valence-corrected chi connectivity index (χ4v) is 1.80. The normalized spacial score (nSPS) is 14.9. The van der Waals surface area contributed by atoms with Crippen LogP contribution < -0.4 is 5.32 Å². The summed E-state index contributed by atoms with van der Waals surface area (Å²) < 4.78 is 1.71. The Morgan fingerprint density at radius 1 is 1.69 bits per heavy atom. The van der Waals surface area contributed by atoms with Gasteiger partial charge in [0.25, 0.3) is 0 Å². The molecule has 16 heavy (non-hydrogen) atoms. The van der Waals surface area contributed by atoms with Gasteiger partial charge in [0.05, 0.1) is 6.54 Å². The first-order chi connectivity index (χ1) is 7.70. The zero-order valence-corrected chi connectivity index (χ0v) is 9.81. The van der Waals surface area contributed by atoms with E-state index in [1.165, 1.54) is 0 Å². The summed E-state index contributed by atoms with van der Waals surface area (Å²) in [4.78, 5) is 13.8. The SMILES string of the molecule is CCN(C(=O)CNc1ccn(C)n1)C1CC1. The number of aryl methyl sites for hydroxylation is 1. The molecule has 0 bridgehead atoms. The van der Waals surface area contributed by atoms with E-state index < -0.39 is 0 Å². The van der Waals surface area contributed by atoms with Gasteiger partial charge in [-0.25, -0.2) is 0 Å². The highest BCUT2D eigenvalue weighted by molar-refractivity contribution is 5.81. The average molecular weight is 222 g/mol. The van der Waals surface area contributed by atoms with Crippen LogP contribution in [0.25, 0.3) is 0 Å². The van der Waals surface area contributed by atoms with Crippen molar-refractivity contribution in [2.45, 2.75) is 25.8 Å². The number of nitrogens with zero attached hydrogens (tertiary/aromatic N) is 3. The molecule has 1 fully saturated rings. The predicted molar refractivity (Wildman–Crippen MR) is 62.1 cm³/mol. The summed E-state index contributed by atoms with van der Waals surface area (Å²) in [5.41, 5.74) is 0. The van der Waals surface area contributed by atoms with E-state index in [-0.39, 0.29) is 5.91 Å². The lowest BCUT2D eigenvalue weighted by Crippen LogP contribution is -2.37. The molecule has 5 nitrogen and oxygen atoms in total. The first kappa shape index (κ1) is 11.0. The highest BCUT2D eigenvalue weighted by atomic mass is 16.2. The molecule has 1 aliphatic carbocycles. The Hall–Kier alpha value is -1.52. The van der Waals surface area contributed by atoms with Gasteiger partial charge in [0.1, 0.15) is 5.82 Å². The van der Waals surface area contributed by atoms with Gasteiger partial charge in [-0.15, -0.1) is 0 Å². The largest absolute Gasteiger partial charge is 0.360 e. The molecule has 0 saturated heterocycles. The fourth-order valence-electron chi connectivity index (χ4n) is 1.80. The lowest BCUT2D eigenvalue weighted by Gasteiger charge is -2.20. The van der Waals surface area contributed by atoms with Crippen LogP contribution >= 0.6 is 0 Å². The van der Waals surface area contributed by atoms with Crippen molar-refractivity contribution in [3.63, 3.8) is 0 Å². The lowest BCUT2D eigenvalue weighted by atomic mass is 10.4. The molecule has 2 rings (SSSR count). The minimum Gasteiger partial charge on any atom is -0.360 e. The predicted octanol–water partition coefficient (Wildman–Crippen LogP) is 0.843. The first-order valence-electron chi connectivity index (χ1n) is 5.73. The summed E-state index contributed by atoms with van der Waals surface area (Å²) in [6.45, 7) is 3.16. The molecule has 1 aliphatic rings. The Labute approximate surface area is 95.4 Å². The van der Waals surface area contributed by atoms with E-state index in [9.17, 15) is 4.79 Å². The zero-order chi connectivity index (χ0) is 11.5. The smallest absolute Gasteiger partial charge is 0.242 e. The van der Waals surface area contributed by atoms with Crippen LogP contribution in [0.15, 0.2) is 12.3 Å². The van der Waals surface area contributed by atoms with Crippen LogP contribution in [0.5, 0.6) is 0 Å². The van der Waals surface area contributed by atoms with Crippen LogP contribution in [-0.2, 0) is 11.8 Å². The number of aromatic nitrogens is 2. The van der Waals surface area contributed by atoms with Crippen molar-refractivity contribution in [1.82, 2.24) is 14.7 Å². The zero-order valence-electron chi connectivity index (χ0n) is 9.81. The summed E-state index contributed by atoms with van der Waals surface area (Å²) >= 11 is 0. The van der Waals surface area contributed by atoms with Gasteiger partial charge in [0.15, 0.2) is 0 Å². The highest BCUT2D eigenvalue weighted by Gasteiger charge is 2.30. The molecule has 1 amide bonds. The molecule has 1 aromatic rings. The second kappa shape index (κ2) is 4.55. The van der Waals surface area contributed by atoms with Crippen molar-refractivity contribution < 1.29 is 4.79 Å². The maximum absolute atomic E-state index is 11.9. The summed E-state index contributed by atoms with van der Waals surface area (Å²) in [5.74, 6) is 0.915. The topological polar surface area (TPSA) is 50.2 Å². The second-order valence-electron chi connectivity index (χ2n) is 4.14. The number of amides is 1. The maximum atomic E-state index is 11.9. The molecule has 1 aromatic heterocycles. The first-order valence-corrected chi connectivity index (χ1v) is 5.73. The Morgan fingerprint density at radius 2 is 2.44 bits per heavy atom. The number of hydrogen-bond acceptors (Lipinski definition) is 3. The van der Waals surface area contributed by atoms with Gasteiger partial charge in [-0.3, -0.25) is 9.48 Å². The van der Waals surface area contributed by atoms with Crippen molar-refractivity contribution >= 4 is 11.7 Å². The summed E-state index contributed by atoms with van der Waals surface area (Å²) in [7, 11) is 1.86. The van der Waals surface area contributed by atoms with E-state index in [0.717, 1.165) is 25.2 Å². The molecular formula is C11H18N4O. The van der Waals surface area contributed by atoms with Crippen LogP contribution in [0.1, 0.15) is 19.8 Å². The van der Waals surface area contributed by atoms with Crippen LogP contribution in [0.2, 0.25) is 0 Å². The molecule has 0 atom stereocenters. The number of carbonyl (C=O) groups is 1. The van der Waals surface area contributed by atoms with Crippen LogP contribution in [0.4, 0.5) is 5.82 Å². The standard InChI is InChI=1S/C11H18N4O/c1-3-15(9-4-5-9)11(16)8-12-10-6-7-14(2)13-10/h6-7,9H,3-5,8H2,1-2H3,(H,12,13). The number of rotatable bonds is 5. The van der Waals surface area contributed by atoms with Crippen LogP contribution in [0.3, 0.4) is 0 Å². The van der Waals surface area contributed by atoms with Crippen molar-refractivity contribution in [2.75, 3.05) is 18.4 Å². The highest BCUT2D eigenvalue weighted by Crippen LogP contribution is 2.26. The molecule has 0 aromatic carbocycles. The van der Waals surface area contributed by atoms with Crippen molar-refractivity contribution in [1.29, 1.82) is 0 Å². The van der Waals surface area contributed by atoms with Gasteiger partial charge in [-0.05, 0) is 19.8 Å². The van der Waals surface area contributed by atoms with E-state index in [1.54, 1.807) is 4.68 Å². The van der Waals surface area contributed by atoms with Gasteiger partial charge < -0.3 is 10.2 Å². The number of nitrogens with one attached hydrogen (secondary N) is 1. The third-order valence-corrected chi connectivity index (χ3v) is 2.78. The summed E-state index contributed by atoms with van der Waals surface area (Å²) in [6.07, 6.45) is 4.16. The Kier molecular flexibility index (Phi) is 3.12. The molecule has 1 saturated carbocycles. The van der Waals surface area contributed by atoms with Crippen LogP contribution in [-0.4, -0.2) is 39.7 Å². The number of carbonyl (C=O) groups excluding carboxylic acids is 1. The molecule has 0 aliphatic heterocycles. The molecule has 5 heteroatoms. The van der Waals surface area contributed by atoms with Crippen LogP contribution in [0, 0.1) is 0 Å². The number of anilines is 1. The molecule has 1 N–H and O–H groups in total. The monoisotopic (exact) mass is 222 g/mol. The molecular weight excluding hydrogens is 204 g/mol. The molecule has 1 heterocycles. The average Bonchev–Trinajstić information content (AvgIpc) is 3.00. The minimum atomic E-state index is 0.163. The van der Waals surface area contributed by atoms with Crippen molar-refractivity contribution in [3.05, 3.63) is 12.3 Å². The van der Waals surface area contributed by atoms with Gasteiger partial charge >= 0.3 is 0 Å². The van der Waals surface area contributed by atoms with E-state index in [4.69, 9.17) is 0 Å².